The number of carbonyl (C=O) groups is 2. The molecule has 6 heteroatoms. The third kappa shape index (κ3) is 7.58. The number of ether oxygens (including phenoxy) is 1. The summed E-state index contributed by atoms with van der Waals surface area (Å²) in [5.74, 6) is -0.113. The lowest BCUT2D eigenvalue weighted by Crippen LogP contribution is -2.47. The van der Waals surface area contributed by atoms with Crippen molar-refractivity contribution >= 4 is 23.2 Å². The number of rotatable bonds is 13. The quantitative estimate of drug-likeness (QED) is 0.221. The fourth-order valence-electron chi connectivity index (χ4n) is 5.28. The second-order valence-electron chi connectivity index (χ2n) is 10.4. The molecule has 0 unspecified atom stereocenters. The van der Waals surface area contributed by atoms with Crippen molar-refractivity contribution < 1.29 is 14.3 Å². The van der Waals surface area contributed by atoms with Crippen LogP contribution in [0.3, 0.4) is 0 Å². The molecular formula is C33H42N2O3S. The third-order valence-corrected chi connectivity index (χ3v) is 8.48. The summed E-state index contributed by atoms with van der Waals surface area (Å²) >= 11 is 1.76. The molecule has 3 aromatic rings. The molecule has 2 amide bonds. The maximum absolute atomic E-state index is 13.9. The van der Waals surface area contributed by atoms with Crippen LogP contribution in [0.15, 0.2) is 60.0 Å². The molecule has 1 aromatic heterocycles. The van der Waals surface area contributed by atoms with Gasteiger partial charge in [-0.25, -0.2) is 0 Å². The molecule has 0 radical (unpaired) electrons. The van der Waals surface area contributed by atoms with Crippen molar-refractivity contribution in [2.75, 3.05) is 32.8 Å². The number of nitrogens with zero attached hydrogens (tertiary/aromatic N) is 2. The molecule has 39 heavy (non-hydrogen) atoms. The van der Waals surface area contributed by atoms with E-state index < -0.39 is 0 Å². The molecule has 0 saturated heterocycles. The molecular weight excluding hydrogens is 504 g/mol. The van der Waals surface area contributed by atoms with Gasteiger partial charge in [0.1, 0.15) is 6.54 Å². The minimum absolute atomic E-state index is 0.0154. The first-order valence-corrected chi connectivity index (χ1v) is 15.3. The summed E-state index contributed by atoms with van der Waals surface area (Å²) in [6, 6.07) is 18.4. The number of benzene rings is 2. The summed E-state index contributed by atoms with van der Waals surface area (Å²) in [5, 5.41) is 2.12. The SMILES string of the molecule is CCCCCc1ccc(C(=O)N(CCCOCC)CC(=O)N2CCc3sccc3[C@H]2c2ccc(C)cc2)cc1. The Morgan fingerprint density at radius 2 is 1.77 bits per heavy atom. The predicted molar refractivity (Wildman–Crippen MR) is 159 cm³/mol. The second kappa shape index (κ2) is 14.4. The lowest BCUT2D eigenvalue weighted by atomic mass is 9.92. The fourth-order valence-corrected chi connectivity index (χ4v) is 6.18. The molecule has 0 spiro atoms. The minimum atomic E-state index is -0.129. The van der Waals surface area contributed by atoms with Gasteiger partial charge in [-0.1, -0.05) is 61.7 Å². The number of fused-ring (bicyclic) bond motifs is 1. The van der Waals surface area contributed by atoms with Crippen molar-refractivity contribution in [3.8, 4) is 0 Å². The van der Waals surface area contributed by atoms with Crippen LogP contribution in [0.25, 0.3) is 0 Å². The van der Waals surface area contributed by atoms with E-state index in [1.807, 2.05) is 24.0 Å². The first-order chi connectivity index (χ1) is 19.0. The Balaban J connectivity index is 1.53. The molecule has 4 rings (SSSR count). The zero-order valence-electron chi connectivity index (χ0n) is 23.7. The second-order valence-corrected chi connectivity index (χ2v) is 11.4. The number of hydrogen-bond acceptors (Lipinski definition) is 4. The Morgan fingerprint density at radius 3 is 2.49 bits per heavy atom. The maximum atomic E-state index is 13.9. The summed E-state index contributed by atoms with van der Waals surface area (Å²) < 4.78 is 5.54. The van der Waals surface area contributed by atoms with E-state index in [1.54, 1.807) is 16.2 Å². The molecule has 1 aliphatic heterocycles. The van der Waals surface area contributed by atoms with E-state index in [2.05, 4.69) is 61.7 Å². The lowest BCUT2D eigenvalue weighted by Gasteiger charge is -2.37. The Hall–Kier alpha value is -2.96. The number of aryl methyl sites for hydroxylation is 2. The average Bonchev–Trinajstić information content (AvgIpc) is 3.44. The third-order valence-electron chi connectivity index (χ3n) is 7.48. The Morgan fingerprint density at radius 1 is 1.00 bits per heavy atom. The van der Waals surface area contributed by atoms with Crippen LogP contribution >= 0.6 is 11.3 Å². The number of amides is 2. The summed E-state index contributed by atoms with van der Waals surface area (Å²) in [7, 11) is 0. The van der Waals surface area contributed by atoms with Gasteiger partial charge in [0, 0.05) is 36.7 Å². The molecule has 5 nitrogen and oxygen atoms in total. The van der Waals surface area contributed by atoms with Crippen molar-refractivity contribution in [1.29, 1.82) is 0 Å². The van der Waals surface area contributed by atoms with Crippen LogP contribution in [0.2, 0.25) is 0 Å². The highest BCUT2D eigenvalue weighted by Crippen LogP contribution is 2.38. The van der Waals surface area contributed by atoms with Crippen LogP contribution in [0.1, 0.15) is 83.1 Å². The summed E-state index contributed by atoms with van der Waals surface area (Å²) in [6.45, 7) is 8.65. The van der Waals surface area contributed by atoms with Crippen molar-refractivity contribution in [2.24, 2.45) is 0 Å². The topological polar surface area (TPSA) is 49.9 Å². The van der Waals surface area contributed by atoms with E-state index >= 15 is 0 Å². The van der Waals surface area contributed by atoms with E-state index in [0.29, 0.717) is 38.3 Å². The molecule has 0 fully saturated rings. The average molecular weight is 547 g/mol. The van der Waals surface area contributed by atoms with Crippen LogP contribution < -0.4 is 0 Å². The molecule has 0 saturated carbocycles. The summed E-state index contributed by atoms with van der Waals surface area (Å²) in [5.41, 5.74) is 5.39. The van der Waals surface area contributed by atoms with E-state index in [1.165, 1.54) is 34.4 Å². The monoisotopic (exact) mass is 546 g/mol. The van der Waals surface area contributed by atoms with Crippen LogP contribution in [0.4, 0.5) is 0 Å². The highest BCUT2D eigenvalue weighted by Gasteiger charge is 2.34. The number of hydrogen-bond donors (Lipinski definition) is 0. The predicted octanol–water partition coefficient (Wildman–Crippen LogP) is 6.83. The molecule has 0 aliphatic carbocycles. The number of unbranched alkanes of at least 4 members (excludes halogenated alkanes) is 2. The van der Waals surface area contributed by atoms with Gasteiger partial charge in [-0.05, 0) is 79.8 Å². The number of carbonyl (C=O) groups excluding carboxylic acids is 2. The molecule has 1 atom stereocenters. The zero-order valence-corrected chi connectivity index (χ0v) is 24.5. The van der Waals surface area contributed by atoms with Crippen LogP contribution in [-0.4, -0.2) is 54.5 Å². The van der Waals surface area contributed by atoms with Crippen molar-refractivity contribution in [3.05, 3.63) is 92.7 Å². The molecule has 2 heterocycles. The van der Waals surface area contributed by atoms with Crippen LogP contribution in [-0.2, 0) is 22.4 Å². The fraction of sp³-hybridized carbons (Fsp3) is 0.455. The first-order valence-electron chi connectivity index (χ1n) is 14.4. The normalized spacial score (nSPS) is 14.7. The van der Waals surface area contributed by atoms with E-state index in [-0.39, 0.29) is 24.4 Å². The molecule has 2 aromatic carbocycles. The largest absolute Gasteiger partial charge is 0.382 e. The van der Waals surface area contributed by atoms with Gasteiger partial charge in [-0.15, -0.1) is 11.3 Å². The first kappa shape index (κ1) is 29.0. The van der Waals surface area contributed by atoms with Gasteiger partial charge in [-0.2, -0.15) is 0 Å². The van der Waals surface area contributed by atoms with E-state index in [9.17, 15) is 9.59 Å². The lowest BCUT2D eigenvalue weighted by molar-refractivity contribution is -0.134. The molecule has 0 bridgehead atoms. The van der Waals surface area contributed by atoms with Crippen molar-refractivity contribution in [1.82, 2.24) is 9.80 Å². The van der Waals surface area contributed by atoms with Crippen molar-refractivity contribution in [3.63, 3.8) is 0 Å². The summed E-state index contributed by atoms with van der Waals surface area (Å²) in [4.78, 5) is 32.6. The smallest absolute Gasteiger partial charge is 0.254 e. The van der Waals surface area contributed by atoms with Gasteiger partial charge in [-0.3, -0.25) is 9.59 Å². The highest BCUT2D eigenvalue weighted by atomic mass is 32.1. The van der Waals surface area contributed by atoms with Crippen LogP contribution in [0, 0.1) is 6.92 Å². The zero-order chi connectivity index (χ0) is 27.6. The van der Waals surface area contributed by atoms with Gasteiger partial charge >= 0.3 is 0 Å². The van der Waals surface area contributed by atoms with Gasteiger partial charge in [0.25, 0.3) is 5.91 Å². The standard InChI is InChI=1S/C33H42N2O3S/c1-4-6-7-9-26-12-16-28(17-13-26)33(37)34(20-8-22-38-5-2)24-31(36)35-21-18-30-29(19-23-39-30)32(35)27-14-10-25(3)11-15-27/h10-17,19,23,32H,4-9,18,20-22,24H2,1-3H3/t32-/m1/s1. The molecule has 1 aliphatic rings. The summed E-state index contributed by atoms with van der Waals surface area (Å²) in [6.07, 6.45) is 6.13. The van der Waals surface area contributed by atoms with Gasteiger partial charge in [0.2, 0.25) is 5.91 Å². The Kier molecular flexibility index (Phi) is 10.7. The van der Waals surface area contributed by atoms with Gasteiger partial charge in [0.05, 0.1) is 6.04 Å². The van der Waals surface area contributed by atoms with Gasteiger partial charge < -0.3 is 14.5 Å². The van der Waals surface area contributed by atoms with E-state index in [4.69, 9.17) is 4.74 Å². The maximum Gasteiger partial charge on any atom is 0.254 e. The number of thiophene rings is 1. The molecule has 208 valence electrons. The Labute approximate surface area is 237 Å². The van der Waals surface area contributed by atoms with E-state index in [0.717, 1.165) is 24.8 Å². The molecule has 0 N–H and O–H groups in total. The van der Waals surface area contributed by atoms with Gasteiger partial charge in [0.15, 0.2) is 0 Å². The van der Waals surface area contributed by atoms with Crippen LogP contribution in [0.5, 0.6) is 0 Å². The minimum Gasteiger partial charge on any atom is -0.382 e. The van der Waals surface area contributed by atoms with Crippen molar-refractivity contribution in [2.45, 2.75) is 65.3 Å². The highest BCUT2D eigenvalue weighted by molar-refractivity contribution is 7.10. The Bertz CT molecular complexity index is 1200.